The van der Waals surface area contributed by atoms with Crippen LogP contribution in [0.15, 0.2) is 12.2 Å². The van der Waals surface area contributed by atoms with Crippen LogP contribution in [0.5, 0.6) is 0 Å². The standard InChI is InChI=1S/C8H20N.C4H6O2/c1-5-9(6-2,7-3)8-4;1-3(2)4(5)6/h5-8H2,1-4H3;1H2,2H3,(H,5,6)/q+1;. The molecule has 1 N–H and O–H groups in total. The maximum atomic E-state index is 9.60. The van der Waals surface area contributed by atoms with Gasteiger partial charge in [0.1, 0.15) is 0 Å². The van der Waals surface area contributed by atoms with Crippen LogP contribution < -0.4 is 0 Å². The molecule has 0 saturated carbocycles. The highest BCUT2D eigenvalue weighted by molar-refractivity contribution is 5.84. The molecule has 0 saturated heterocycles. The van der Waals surface area contributed by atoms with Crippen molar-refractivity contribution in [2.45, 2.75) is 34.6 Å². The molecule has 90 valence electrons. The zero-order chi connectivity index (χ0) is 12.5. The van der Waals surface area contributed by atoms with Crippen LogP contribution in [-0.2, 0) is 4.79 Å². The lowest BCUT2D eigenvalue weighted by Crippen LogP contribution is -2.47. The van der Waals surface area contributed by atoms with Gasteiger partial charge in [-0.15, -0.1) is 0 Å². The quantitative estimate of drug-likeness (QED) is 0.566. The monoisotopic (exact) mass is 216 g/mol. The van der Waals surface area contributed by atoms with Crippen molar-refractivity contribution in [2.75, 3.05) is 26.2 Å². The van der Waals surface area contributed by atoms with Gasteiger partial charge in [0.25, 0.3) is 0 Å². The average molecular weight is 216 g/mol. The molecule has 0 atom stereocenters. The molecule has 0 unspecified atom stereocenters. The number of hydrogen-bond donors (Lipinski definition) is 1. The van der Waals surface area contributed by atoms with Crippen molar-refractivity contribution in [1.29, 1.82) is 0 Å². The first-order chi connectivity index (χ1) is 6.89. The normalized spacial score (nSPS) is 10.2. The minimum absolute atomic E-state index is 0.176. The molecule has 0 aliphatic heterocycles. The Morgan fingerprint density at radius 3 is 1.27 bits per heavy atom. The number of nitrogens with zero attached hydrogens (tertiary/aromatic N) is 1. The summed E-state index contributed by atoms with van der Waals surface area (Å²) in [6, 6.07) is 0. The smallest absolute Gasteiger partial charge is 0.330 e. The molecule has 0 rings (SSSR count). The van der Waals surface area contributed by atoms with Gasteiger partial charge in [0.15, 0.2) is 0 Å². The number of rotatable bonds is 5. The van der Waals surface area contributed by atoms with E-state index in [2.05, 4.69) is 34.3 Å². The molecule has 0 heterocycles. The lowest BCUT2D eigenvalue weighted by Gasteiger charge is -2.34. The van der Waals surface area contributed by atoms with E-state index in [1.807, 2.05) is 0 Å². The second-order valence-corrected chi connectivity index (χ2v) is 3.69. The van der Waals surface area contributed by atoms with Gasteiger partial charge in [0.05, 0.1) is 26.2 Å². The molecule has 0 aliphatic carbocycles. The lowest BCUT2D eigenvalue weighted by atomic mass is 10.3. The lowest BCUT2D eigenvalue weighted by molar-refractivity contribution is -0.921. The largest absolute Gasteiger partial charge is 0.478 e. The summed E-state index contributed by atoms with van der Waals surface area (Å²) in [5.41, 5.74) is 0.176. The van der Waals surface area contributed by atoms with Gasteiger partial charge in [-0.05, 0) is 34.6 Å². The fraction of sp³-hybridized carbons (Fsp3) is 0.750. The van der Waals surface area contributed by atoms with Crippen LogP contribution in [0.4, 0.5) is 0 Å². The van der Waals surface area contributed by atoms with Crippen molar-refractivity contribution in [1.82, 2.24) is 0 Å². The number of quaternary nitrogens is 1. The number of carboxylic acid groups (broad SMARTS) is 1. The molecule has 0 spiro atoms. The Kier molecular flexibility index (Phi) is 9.38. The van der Waals surface area contributed by atoms with Crippen molar-refractivity contribution >= 4 is 5.97 Å². The molecule has 0 amide bonds. The van der Waals surface area contributed by atoms with Crippen LogP contribution in [0.25, 0.3) is 0 Å². The van der Waals surface area contributed by atoms with E-state index >= 15 is 0 Å². The molecule has 0 aromatic rings. The van der Waals surface area contributed by atoms with E-state index in [0.29, 0.717) is 0 Å². The summed E-state index contributed by atoms with van der Waals surface area (Å²) in [4.78, 5) is 9.60. The second kappa shape index (κ2) is 8.48. The maximum absolute atomic E-state index is 9.60. The van der Waals surface area contributed by atoms with Crippen molar-refractivity contribution in [2.24, 2.45) is 0 Å². The second-order valence-electron chi connectivity index (χ2n) is 3.69. The van der Waals surface area contributed by atoms with E-state index in [4.69, 9.17) is 5.11 Å². The summed E-state index contributed by atoms with van der Waals surface area (Å²) < 4.78 is 1.28. The van der Waals surface area contributed by atoms with Crippen LogP contribution in [-0.4, -0.2) is 41.7 Å². The molecule has 0 aromatic carbocycles. The summed E-state index contributed by atoms with van der Waals surface area (Å²) in [7, 11) is 0. The Morgan fingerprint density at radius 1 is 1.07 bits per heavy atom. The topological polar surface area (TPSA) is 37.3 Å². The Labute approximate surface area is 94.0 Å². The summed E-state index contributed by atoms with van der Waals surface area (Å²) in [6.45, 7) is 18.8. The molecule has 0 aromatic heterocycles. The van der Waals surface area contributed by atoms with Gasteiger partial charge >= 0.3 is 5.97 Å². The summed E-state index contributed by atoms with van der Waals surface area (Å²) in [5, 5.41) is 7.89. The molecule has 0 radical (unpaired) electrons. The molecule has 3 nitrogen and oxygen atoms in total. The molecule has 15 heavy (non-hydrogen) atoms. The van der Waals surface area contributed by atoms with Gasteiger partial charge in [-0.2, -0.15) is 0 Å². The third-order valence-electron chi connectivity index (χ3n) is 3.05. The van der Waals surface area contributed by atoms with Gasteiger partial charge in [0, 0.05) is 5.57 Å². The highest BCUT2D eigenvalue weighted by Gasteiger charge is 2.16. The predicted octanol–water partition coefficient (Wildman–Crippen LogP) is 2.53. The number of hydrogen-bond acceptors (Lipinski definition) is 1. The van der Waals surface area contributed by atoms with Crippen LogP contribution in [0.1, 0.15) is 34.6 Å². The fourth-order valence-corrected chi connectivity index (χ4v) is 1.34. The first-order valence-electron chi connectivity index (χ1n) is 5.62. The molecule has 0 bridgehead atoms. The zero-order valence-electron chi connectivity index (χ0n) is 10.8. The molecule has 0 aliphatic rings. The van der Waals surface area contributed by atoms with E-state index in [1.54, 1.807) is 0 Å². The minimum atomic E-state index is -0.935. The van der Waals surface area contributed by atoms with Crippen molar-refractivity contribution < 1.29 is 14.4 Å². The summed E-state index contributed by atoms with van der Waals surface area (Å²) in [6.07, 6.45) is 0. The molecule has 3 heteroatoms. The molecular weight excluding hydrogens is 190 g/mol. The number of carbonyl (C=O) groups is 1. The van der Waals surface area contributed by atoms with Crippen molar-refractivity contribution in [3.05, 3.63) is 12.2 Å². The predicted molar refractivity (Wildman–Crippen MR) is 64.9 cm³/mol. The van der Waals surface area contributed by atoms with Gasteiger partial charge in [-0.1, -0.05) is 6.58 Å². The van der Waals surface area contributed by atoms with Crippen molar-refractivity contribution in [3.63, 3.8) is 0 Å². The fourth-order valence-electron chi connectivity index (χ4n) is 1.34. The van der Waals surface area contributed by atoms with Crippen LogP contribution in [0, 0.1) is 0 Å². The maximum Gasteiger partial charge on any atom is 0.330 e. The highest BCUT2D eigenvalue weighted by Crippen LogP contribution is 2.03. The van der Waals surface area contributed by atoms with E-state index < -0.39 is 5.97 Å². The first kappa shape index (κ1) is 16.6. The molecular formula is C12H26NO2+. The van der Waals surface area contributed by atoms with E-state index in [1.165, 1.54) is 37.6 Å². The van der Waals surface area contributed by atoms with Gasteiger partial charge in [-0.25, -0.2) is 4.79 Å². The summed E-state index contributed by atoms with van der Waals surface area (Å²) >= 11 is 0. The number of aliphatic carboxylic acids is 1. The Morgan fingerprint density at radius 2 is 1.27 bits per heavy atom. The minimum Gasteiger partial charge on any atom is -0.478 e. The number of carboxylic acids is 1. The van der Waals surface area contributed by atoms with Gasteiger partial charge in [0.2, 0.25) is 0 Å². The first-order valence-corrected chi connectivity index (χ1v) is 5.62. The van der Waals surface area contributed by atoms with E-state index in [0.717, 1.165) is 0 Å². The Bertz CT molecular complexity index is 166. The van der Waals surface area contributed by atoms with Crippen LogP contribution in [0.2, 0.25) is 0 Å². The third-order valence-corrected chi connectivity index (χ3v) is 3.05. The Balaban J connectivity index is 0. The van der Waals surface area contributed by atoms with Crippen LogP contribution in [0.3, 0.4) is 0 Å². The average Bonchev–Trinajstić information content (AvgIpc) is 2.23. The van der Waals surface area contributed by atoms with Gasteiger partial charge in [-0.3, -0.25) is 0 Å². The SMILES string of the molecule is C=C(C)C(=O)O.CC[N+](CC)(CC)CC. The van der Waals surface area contributed by atoms with E-state index in [-0.39, 0.29) is 5.57 Å². The van der Waals surface area contributed by atoms with Crippen LogP contribution >= 0.6 is 0 Å². The Hall–Kier alpha value is -0.830. The highest BCUT2D eigenvalue weighted by atomic mass is 16.4. The van der Waals surface area contributed by atoms with E-state index in [9.17, 15) is 4.79 Å². The summed E-state index contributed by atoms with van der Waals surface area (Å²) in [5.74, 6) is -0.935. The van der Waals surface area contributed by atoms with Crippen molar-refractivity contribution in [3.8, 4) is 0 Å². The van der Waals surface area contributed by atoms with Gasteiger partial charge < -0.3 is 9.59 Å². The molecule has 0 fully saturated rings. The zero-order valence-corrected chi connectivity index (χ0v) is 10.8. The third kappa shape index (κ3) is 7.14.